The molecule has 0 heterocycles. The second-order valence-corrected chi connectivity index (χ2v) is 7.29. The molecule has 0 spiro atoms. The van der Waals surface area contributed by atoms with E-state index in [-0.39, 0.29) is 36.5 Å². The highest BCUT2D eigenvalue weighted by Crippen LogP contribution is 2.18. The number of nitrogens with zero attached hydrogens (tertiary/aromatic N) is 1. The van der Waals surface area contributed by atoms with Gasteiger partial charge in [-0.05, 0) is 74.1 Å². The average molecular weight is 508 g/mol. The molecule has 1 fully saturated rings. The van der Waals surface area contributed by atoms with Crippen LogP contribution in [0.5, 0.6) is 5.75 Å². The Bertz CT molecular complexity index is 828. The Morgan fingerprint density at radius 2 is 1.79 bits per heavy atom. The van der Waals surface area contributed by atoms with Crippen molar-refractivity contribution in [3.8, 4) is 5.75 Å². The average Bonchev–Trinajstić information content (AvgIpc) is 3.44. The summed E-state index contributed by atoms with van der Waals surface area (Å²) < 4.78 is 5.51. The zero-order chi connectivity index (χ0) is 19.9. The number of hydrogen-bond acceptors (Lipinski definition) is 3. The quantitative estimate of drug-likeness (QED) is 0.289. The van der Waals surface area contributed by atoms with E-state index in [9.17, 15) is 4.79 Å². The van der Waals surface area contributed by atoms with Crippen LogP contribution in [0.15, 0.2) is 47.5 Å². The summed E-state index contributed by atoms with van der Waals surface area (Å²) in [5.74, 6) is 1.04. The Hall–Kier alpha value is -2.29. The topological polar surface area (TPSA) is 88.7 Å². The molecule has 1 amide bonds. The molecule has 29 heavy (non-hydrogen) atoms. The van der Waals surface area contributed by atoms with Gasteiger partial charge in [0.1, 0.15) is 5.75 Å². The molecule has 2 aromatic carbocycles. The lowest BCUT2D eigenvalue weighted by molar-refractivity contribution is -0.123. The van der Waals surface area contributed by atoms with E-state index in [1.54, 1.807) is 0 Å². The van der Waals surface area contributed by atoms with Crippen LogP contribution in [-0.2, 0) is 11.2 Å². The van der Waals surface area contributed by atoms with Crippen LogP contribution in [0.2, 0.25) is 0 Å². The number of hydrogen-bond donors (Lipinski definition) is 3. The van der Waals surface area contributed by atoms with Gasteiger partial charge >= 0.3 is 0 Å². The van der Waals surface area contributed by atoms with Crippen molar-refractivity contribution in [2.75, 3.05) is 18.5 Å². The highest BCUT2D eigenvalue weighted by molar-refractivity contribution is 14.0. The summed E-state index contributed by atoms with van der Waals surface area (Å²) in [5, 5.41) is 6.03. The van der Waals surface area contributed by atoms with Crippen molar-refractivity contribution in [2.24, 2.45) is 10.7 Å². The first kappa shape index (κ1) is 23.0. The normalized spacial score (nSPS) is 13.4. The summed E-state index contributed by atoms with van der Waals surface area (Å²) in [6.07, 6.45) is 2.93. The summed E-state index contributed by atoms with van der Waals surface area (Å²) in [5.41, 5.74) is 10.4. The number of benzene rings is 2. The van der Waals surface area contributed by atoms with Gasteiger partial charge in [-0.25, -0.2) is 0 Å². The lowest BCUT2D eigenvalue weighted by Gasteiger charge is -2.08. The number of carbonyl (C=O) groups excluding carboxylic acids is 1. The number of amides is 1. The summed E-state index contributed by atoms with van der Waals surface area (Å²) in [4.78, 5) is 16.0. The van der Waals surface area contributed by atoms with E-state index in [0.29, 0.717) is 24.3 Å². The van der Waals surface area contributed by atoms with Crippen LogP contribution in [-0.4, -0.2) is 31.1 Å². The first-order chi connectivity index (χ1) is 13.5. The Morgan fingerprint density at radius 3 is 2.41 bits per heavy atom. The van der Waals surface area contributed by atoms with Gasteiger partial charge in [0.05, 0.1) is 0 Å². The number of rotatable bonds is 8. The number of anilines is 1. The second-order valence-electron chi connectivity index (χ2n) is 7.29. The van der Waals surface area contributed by atoms with E-state index in [4.69, 9.17) is 10.5 Å². The predicted molar refractivity (Wildman–Crippen MR) is 128 cm³/mol. The first-order valence-corrected chi connectivity index (χ1v) is 9.64. The molecule has 0 bridgehead atoms. The van der Waals surface area contributed by atoms with Crippen molar-refractivity contribution in [3.63, 3.8) is 0 Å². The number of nitrogens with one attached hydrogen (secondary N) is 2. The molecular formula is C22H29IN4O2. The highest BCUT2D eigenvalue weighted by Gasteiger charge is 2.23. The Kier molecular flexibility index (Phi) is 8.75. The van der Waals surface area contributed by atoms with Crippen molar-refractivity contribution < 1.29 is 9.53 Å². The standard InChI is InChI=1S/C22H28N4O2.HI/c1-15-11-16(2)13-19(12-15)26-22(23)24-10-9-17-3-7-20(8-4-17)28-14-21(27)25-18-5-6-18;/h3-4,7-8,11-13,18H,5-6,9-10,14H2,1-2H3,(H,25,27)(H3,23,24,26);1H. The highest BCUT2D eigenvalue weighted by atomic mass is 127. The maximum absolute atomic E-state index is 11.6. The molecule has 0 aromatic heterocycles. The SMILES string of the molecule is Cc1cc(C)cc(NC(N)=NCCc2ccc(OCC(=O)NC3CC3)cc2)c1.I. The number of aliphatic imine (C=N–C) groups is 1. The van der Waals surface area contributed by atoms with E-state index >= 15 is 0 Å². The summed E-state index contributed by atoms with van der Waals surface area (Å²) in [6.45, 7) is 4.76. The van der Waals surface area contributed by atoms with Crippen LogP contribution in [0.3, 0.4) is 0 Å². The fourth-order valence-corrected chi connectivity index (χ4v) is 2.94. The molecule has 0 saturated heterocycles. The summed E-state index contributed by atoms with van der Waals surface area (Å²) >= 11 is 0. The molecule has 3 rings (SSSR count). The minimum atomic E-state index is -0.0623. The van der Waals surface area contributed by atoms with Gasteiger partial charge in [-0.15, -0.1) is 24.0 Å². The second kappa shape index (κ2) is 11.0. The van der Waals surface area contributed by atoms with Gasteiger partial charge in [-0.3, -0.25) is 9.79 Å². The van der Waals surface area contributed by atoms with Crippen molar-refractivity contribution in [2.45, 2.75) is 39.2 Å². The molecule has 0 unspecified atom stereocenters. The van der Waals surface area contributed by atoms with E-state index in [1.165, 1.54) is 11.1 Å². The number of aryl methyl sites for hydroxylation is 2. The van der Waals surface area contributed by atoms with Crippen molar-refractivity contribution in [1.29, 1.82) is 0 Å². The van der Waals surface area contributed by atoms with E-state index < -0.39 is 0 Å². The lowest BCUT2D eigenvalue weighted by Crippen LogP contribution is -2.30. The largest absolute Gasteiger partial charge is 0.484 e. The fourth-order valence-electron chi connectivity index (χ4n) is 2.94. The minimum absolute atomic E-state index is 0. The molecule has 7 heteroatoms. The van der Waals surface area contributed by atoms with Crippen molar-refractivity contribution >= 4 is 41.5 Å². The maximum Gasteiger partial charge on any atom is 0.258 e. The molecule has 0 radical (unpaired) electrons. The lowest BCUT2D eigenvalue weighted by atomic mass is 10.1. The fraction of sp³-hybridized carbons (Fsp3) is 0.364. The van der Waals surface area contributed by atoms with Gasteiger partial charge in [0, 0.05) is 18.3 Å². The van der Waals surface area contributed by atoms with Gasteiger partial charge < -0.3 is 21.1 Å². The number of halogens is 1. The number of carbonyl (C=O) groups is 1. The Labute approximate surface area is 189 Å². The third kappa shape index (κ3) is 8.31. The van der Waals surface area contributed by atoms with Crippen LogP contribution in [0.1, 0.15) is 29.5 Å². The molecule has 2 aromatic rings. The molecule has 4 N–H and O–H groups in total. The molecule has 1 aliphatic rings. The van der Waals surface area contributed by atoms with E-state index in [1.807, 2.05) is 36.4 Å². The van der Waals surface area contributed by atoms with Crippen LogP contribution < -0.4 is 21.1 Å². The molecule has 1 saturated carbocycles. The van der Waals surface area contributed by atoms with Gasteiger partial charge in [0.2, 0.25) is 0 Å². The van der Waals surface area contributed by atoms with Gasteiger partial charge in [0.25, 0.3) is 5.91 Å². The zero-order valence-corrected chi connectivity index (χ0v) is 19.2. The van der Waals surface area contributed by atoms with E-state index in [2.05, 4.69) is 35.5 Å². The van der Waals surface area contributed by atoms with Crippen molar-refractivity contribution in [1.82, 2.24) is 5.32 Å². The van der Waals surface area contributed by atoms with Gasteiger partial charge in [-0.2, -0.15) is 0 Å². The number of ether oxygens (including phenoxy) is 1. The third-order valence-electron chi connectivity index (χ3n) is 4.41. The van der Waals surface area contributed by atoms with Crippen LogP contribution in [0, 0.1) is 13.8 Å². The molecule has 156 valence electrons. The Morgan fingerprint density at radius 1 is 1.14 bits per heavy atom. The number of guanidine groups is 1. The first-order valence-electron chi connectivity index (χ1n) is 9.64. The minimum Gasteiger partial charge on any atom is -0.484 e. The summed E-state index contributed by atoms with van der Waals surface area (Å²) in [7, 11) is 0. The van der Waals surface area contributed by atoms with Crippen LogP contribution in [0.25, 0.3) is 0 Å². The van der Waals surface area contributed by atoms with Crippen molar-refractivity contribution in [3.05, 3.63) is 59.2 Å². The number of nitrogens with two attached hydrogens (primary N) is 1. The predicted octanol–water partition coefficient (Wildman–Crippen LogP) is 3.55. The molecule has 0 atom stereocenters. The summed E-state index contributed by atoms with van der Waals surface area (Å²) in [6, 6.07) is 14.3. The smallest absolute Gasteiger partial charge is 0.258 e. The molecule has 0 aliphatic heterocycles. The van der Waals surface area contributed by atoms with Gasteiger partial charge in [0.15, 0.2) is 12.6 Å². The molecular weight excluding hydrogens is 479 g/mol. The maximum atomic E-state index is 11.6. The zero-order valence-electron chi connectivity index (χ0n) is 16.9. The van der Waals surface area contributed by atoms with Gasteiger partial charge in [-0.1, -0.05) is 18.2 Å². The van der Waals surface area contributed by atoms with Crippen LogP contribution >= 0.6 is 24.0 Å². The van der Waals surface area contributed by atoms with E-state index in [0.717, 1.165) is 30.5 Å². The molecule has 6 nitrogen and oxygen atoms in total. The Balaban J connectivity index is 0.00000300. The van der Waals surface area contributed by atoms with Crippen LogP contribution in [0.4, 0.5) is 5.69 Å². The third-order valence-corrected chi connectivity index (χ3v) is 4.41. The molecule has 1 aliphatic carbocycles. The monoisotopic (exact) mass is 508 g/mol.